The molecule has 0 spiro atoms. The van der Waals surface area contributed by atoms with Crippen LogP contribution in [-0.4, -0.2) is 11.1 Å². The van der Waals surface area contributed by atoms with E-state index in [2.05, 4.69) is 0 Å². The van der Waals surface area contributed by atoms with Crippen molar-refractivity contribution in [3.8, 4) is 0 Å². The number of aliphatic carboxylic acids is 1. The third-order valence-corrected chi connectivity index (χ3v) is 0.927. The zero-order valence-electron chi connectivity index (χ0n) is 3.76. The van der Waals surface area contributed by atoms with Gasteiger partial charge in [0.25, 0.3) is 0 Å². The molecule has 42 valence electrons. The Hall–Kier alpha value is 0.200. The second kappa shape index (κ2) is 2.49. The summed E-state index contributed by atoms with van der Waals surface area (Å²) < 4.78 is 0. The van der Waals surface area contributed by atoms with E-state index in [-0.39, 0.29) is 29.9 Å². The van der Waals surface area contributed by atoms with Crippen molar-refractivity contribution in [2.24, 2.45) is 5.92 Å². The maximum absolute atomic E-state index is 9.76. The van der Waals surface area contributed by atoms with Gasteiger partial charge in [-0.15, -0.1) is 24.0 Å². The van der Waals surface area contributed by atoms with Crippen LogP contribution in [0.4, 0.5) is 0 Å². The minimum Gasteiger partial charge on any atom is -0.481 e. The van der Waals surface area contributed by atoms with Crippen molar-refractivity contribution < 1.29 is 9.90 Å². The Morgan fingerprint density at radius 2 is 2.00 bits per heavy atom. The van der Waals surface area contributed by atoms with Crippen LogP contribution < -0.4 is 0 Å². The highest BCUT2D eigenvalue weighted by atomic mass is 127. The summed E-state index contributed by atoms with van der Waals surface area (Å²) >= 11 is 0. The first-order chi connectivity index (χ1) is 2.80. The predicted octanol–water partition coefficient (Wildman–Crippen LogP) is 1.10. The van der Waals surface area contributed by atoms with Gasteiger partial charge in [0.1, 0.15) is 0 Å². The van der Waals surface area contributed by atoms with Gasteiger partial charge in [-0.3, -0.25) is 4.79 Å². The van der Waals surface area contributed by atoms with Crippen molar-refractivity contribution in [1.29, 1.82) is 0 Å². The molecule has 0 aromatic carbocycles. The highest BCUT2D eigenvalue weighted by Gasteiger charge is 2.28. The van der Waals surface area contributed by atoms with E-state index in [1.54, 1.807) is 0 Å². The fourth-order valence-electron chi connectivity index (χ4n) is 0.330. The second-order valence-corrected chi connectivity index (χ2v) is 1.61. The second-order valence-electron chi connectivity index (χ2n) is 1.61. The molecule has 3 heteroatoms. The molecule has 1 N–H and O–H groups in total. The zero-order chi connectivity index (χ0) is 4.57. The molecule has 1 aliphatic rings. The fourth-order valence-corrected chi connectivity index (χ4v) is 0.330. The van der Waals surface area contributed by atoms with E-state index in [0.29, 0.717) is 0 Å². The molecule has 0 unspecified atom stereocenters. The van der Waals surface area contributed by atoms with E-state index in [4.69, 9.17) is 5.11 Å². The number of halogens is 1. The first-order valence-corrected chi connectivity index (χ1v) is 2.03. The maximum atomic E-state index is 9.76. The summed E-state index contributed by atoms with van der Waals surface area (Å²) in [6.07, 6.45) is 1.80. The molecule has 0 amide bonds. The minimum atomic E-state index is -0.630. The Balaban J connectivity index is 0.000000360. The van der Waals surface area contributed by atoms with Gasteiger partial charge >= 0.3 is 5.97 Å². The standard InChI is InChI=1S/C4H6O2.HI/c5-4(6)3-1-2-3;/h3H,1-2H2,(H,5,6);1H. The normalized spacial score (nSPS) is 17.7. The molecule has 0 aliphatic heterocycles. The van der Waals surface area contributed by atoms with Gasteiger partial charge in [-0.2, -0.15) is 0 Å². The SMILES string of the molecule is I.O=C(O)C1CC1. The van der Waals surface area contributed by atoms with E-state index in [1.807, 2.05) is 0 Å². The van der Waals surface area contributed by atoms with Crippen LogP contribution in [0, 0.1) is 5.92 Å². The first-order valence-electron chi connectivity index (χ1n) is 2.03. The van der Waals surface area contributed by atoms with Crippen LogP contribution in [0.3, 0.4) is 0 Å². The molecule has 0 saturated heterocycles. The average Bonchev–Trinajstić information content (AvgIpc) is 2.06. The van der Waals surface area contributed by atoms with E-state index < -0.39 is 5.97 Å². The molecule has 1 rings (SSSR count). The summed E-state index contributed by atoms with van der Waals surface area (Å²) in [5, 5.41) is 8.05. The number of carboxylic acid groups (broad SMARTS) is 1. The predicted molar refractivity (Wildman–Crippen MR) is 35.8 cm³/mol. The van der Waals surface area contributed by atoms with E-state index in [9.17, 15) is 4.79 Å². The quantitative estimate of drug-likeness (QED) is 0.663. The topological polar surface area (TPSA) is 37.3 Å². The summed E-state index contributed by atoms with van der Waals surface area (Å²) in [4.78, 5) is 9.76. The van der Waals surface area contributed by atoms with Gasteiger partial charge in [0.05, 0.1) is 5.92 Å². The molecule has 0 aromatic rings. The largest absolute Gasteiger partial charge is 0.481 e. The van der Waals surface area contributed by atoms with Crippen LogP contribution in [0.25, 0.3) is 0 Å². The van der Waals surface area contributed by atoms with Gasteiger partial charge in [-0.25, -0.2) is 0 Å². The lowest BCUT2D eigenvalue weighted by molar-refractivity contribution is -0.138. The van der Waals surface area contributed by atoms with Crippen LogP contribution >= 0.6 is 24.0 Å². The van der Waals surface area contributed by atoms with Crippen LogP contribution in [0.15, 0.2) is 0 Å². The third-order valence-electron chi connectivity index (χ3n) is 0.927. The fraction of sp³-hybridized carbons (Fsp3) is 0.750. The molecule has 0 heterocycles. The smallest absolute Gasteiger partial charge is 0.306 e. The molecule has 0 aromatic heterocycles. The summed E-state index contributed by atoms with van der Waals surface area (Å²) in [7, 11) is 0. The molecule has 0 bridgehead atoms. The number of carboxylic acids is 1. The van der Waals surface area contributed by atoms with Crippen molar-refractivity contribution in [1.82, 2.24) is 0 Å². The van der Waals surface area contributed by atoms with Gasteiger partial charge in [0, 0.05) is 0 Å². The molecule has 2 nitrogen and oxygen atoms in total. The lowest BCUT2D eigenvalue weighted by Crippen LogP contribution is -1.94. The minimum absolute atomic E-state index is 0. The van der Waals surface area contributed by atoms with Crippen LogP contribution in [0.5, 0.6) is 0 Å². The molecule has 1 saturated carbocycles. The van der Waals surface area contributed by atoms with Crippen molar-refractivity contribution >= 4 is 29.9 Å². The zero-order valence-corrected chi connectivity index (χ0v) is 6.09. The van der Waals surface area contributed by atoms with E-state index >= 15 is 0 Å². The Labute approximate surface area is 58.9 Å². The van der Waals surface area contributed by atoms with Gasteiger partial charge in [0.2, 0.25) is 0 Å². The molecular weight excluding hydrogens is 207 g/mol. The average molecular weight is 214 g/mol. The van der Waals surface area contributed by atoms with E-state index in [1.165, 1.54) is 0 Å². The molecule has 1 fully saturated rings. The van der Waals surface area contributed by atoms with Crippen LogP contribution in [0.2, 0.25) is 0 Å². The lowest BCUT2D eigenvalue weighted by atomic mass is 10.5. The van der Waals surface area contributed by atoms with Crippen molar-refractivity contribution in [3.05, 3.63) is 0 Å². The first kappa shape index (κ1) is 7.20. The van der Waals surface area contributed by atoms with E-state index in [0.717, 1.165) is 12.8 Å². The molecule has 0 radical (unpaired) electrons. The van der Waals surface area contributed by atoms with Gasteiger partial charge in [-0.1, -0.05) is 0 Å². The summed E-state index contributed by atoms with van der Waals surface area (Å²) in [6.45, 7) is 0. The molecular formula is C4H7IO2. The number of rotatable bonds is 1. The van der Waals surface area contributed by atoms with Gasteiger partial charge in [-0.05, 0) is 12.8 Å². The summed E-state index contributed by atoms with van der Waals surface area (Å²) in [6, 6.07) is 0. The van der Waals surface area contributed by atoms with Crippen molar-refractivity contribution in [2.45, 2.75) is 12.8 Å². The number of carbonyl (C=O) groups is 1. The number of hydrogen-bond acceptors (Lipinski definition) is 1. The van der Waals surface area contributed by atoms with Gasteiger partial charge in [0.15, 0.2) is 0 Å². The molecule has 7 heavy (non-hydrogen) atoms. The van der Waals surface area contributed by atoms with Gasteiger partial charge < -0.3 is 5.11 Å². The van der Waals surface area contributed by atoms with Crippen LogP contribution in [-0.2, 0) is 4.79 Å². The van der Waals surface area contributed by atoms with Crippen molar-refractivity contribution in [2.75, 3.05) is 0 Å². The Morgan fingerprint density at radius 3 is 2.00 bits per heavy atom. The Bertz CT molecular complexity index is 77.8. The third kappa shape index (κ3) is 2.11. The highest BCUT2D eigenvalue weighted by molar-refractivity contribution is 14.0. The number of hydrogen-bond donors (Lipinski definition) is 1. The maximum Gasteiger partial charge on any atom is 0.306 e. The molecule has 1 aliphatic carbocycles. The highest BCUT2D eigenvalue weighted by Crippen LogP contribution is 2.28. The monoisotopic (exact) mass is 214 g/mol. The summed E-state index contributed by atoms with van der Waals surface area (Å²) in [5.74, 6) is -0.611. The Morgan fingerprint density at radius 1 is 1.57 bits per heavy atom. The summed E-state index contributed by atoms with van der Waals surface area (Å²) in [5.41, 5.74) is 0. The lowest BCUT2D eigenvalue weighted by Gasteiger charge is -1.75. The Kier molecular flexibility index (Phi) is 2.56. The van der Waals surface area contributed by atoms with Crippen LogP contribution in [0.1, 0.15) is 12.8 Å². The molecule has 0 atom stereocenters. The van der Waals surface area contributed by atoms with Crippen molar-refractivity contribution in [3.63, 3.8) is 0 Å².